The molecule has 2 rings (SSSR count). The Hall–Kier alpha value is -2.41. The van der Waals surface area contributed by atoms with Crippen LogP contribution in [0.3, 0.4) is 0 Å². The fourth-order valence-electron chi connectivity index (χ4n) is 3.42. The molecule has 0 aliphatic rings. The normalized spacial score (nSPS) is 12.5. The van der Waals surface area contributed by atoms with Crippen LogP contribution in [0, 0.1) is 0 Å². The summed E-state index contributed by atoms with van der Waals surface area (Å²) in [5.74, 6) is 0. The molecular weight excluding hydrogens is 314 g/mol. The lowest BCUT2D eigenvalue weighted by atomic mass is 9.98. The van der Waals surface area contributed by atoms with Gasteiger partial charge in [-0.1, -0.05) is 62.9 Å². The van der Waals surface area contributed by atoms with Crippen LogP contribution in [-0.2, 0) is 25.7 Å². The molecule has 1 heteroatoms. The fourth-order valence-corrected chi connectivity index (χ4v) is 3.42. The predicted molar refractivity (Wildman–Crippen MR) is 116 cm³/mol. The Morgan fingerprint density at radius 3 is 2.19 bits per heavy atom. The molecule has 0 N–H and O–H groups in total. The molecular formula is C25H31N. The van der Waals surface area contributed by atoms with E-state index in [4.69, 9.17) is 4.99 Å². The summed E-state index contributed by atoms with van der Waals surface area (Å²) in [5, 5.41) is 2.24. The predicted octanol–water partition coefficient (Wildman–Crippen LogP) is 4.78. The molecule has 0 fully saturated rings. The van der Waals surface area contributed by atoms with Crippen molar-refractivity contribution < 1.29 is 0 Å². The van der Waals surface area contributed by atoms with Gasteiger partial charge >= 0.3 is 0 Å². The molecule has 136 valence electrons. The van der Waals surface area contributed by atoms with Crippen LogP contribution in [-0.4, -0.2) is 6.21 Å². The van der Waals surface area contributed by atoms with Gasteiger partial charge in [0.05, 0.1) is 5.70 Å². The lowest BCUT2D eigenvalue weighted by Crippen LogP contribution is -2.28. The van der Waals surface area contributed by atoms with Crippen LogP contribution < -0.4 is 10.4 Å². The van der Waals surface area contributed by atoms with Gasteiger partial charge in [0.15, 0.2) is 0 Å². The number of benzene rings is 2. The zero-order chi connectivity index (χ0) is 19.1. The van der Waals surface area contributed by atoms with Crippen LogP contribution in [0.25, 0.3) is 12.3 Å². The van der Waals surface area contributed by atoms with E-state index in [9.17, 15) is 0 Å². The zero-order valence-corrected chi connectivity index (χ0v) is 16.7. The third kappa shape index (κ3) is 5.05. The first-order valence-electron chi connectivity index (χ1n) is 9.53. The second-order valence-electron chi connectivity index (χ2n) is 6.95. The molecule has 0 amide bonds. The van der Waals surface area contributed by atoms with E-state index < -0.39 is 0 Å². The number of nitrogens with zero attached hydrogens (tertiary/aromatic N) is 1. The van der Waals surface area contributed by atoms with Gasteiger partial charge in [0.25, 0.3) is 0 Å². The Bertz CT molecular complexity index is 916. The maximum Gasteiger partial charge on any atom is 0.0521 e. The highest BCUT2D eigenvalue weighted by atomic mass is 14.7. The van der Waals surface area contributed by atoms with Gasteiger partial charge in [-0.3, -0.25) is 4.99 Å². The number of allylic oxidation sites excluding steroid dienone is 1. The van der Waals surface area contributed by atoms with Gasteiger partial charge in [-0.15, -0.1) is 0 Å². The average molecular weight is 346 g/mol. The maximum absolute atomic E-state index is 4.71. The molecule has 0 heterocycles. The molecule has 0 atom stereocenters. The Morgan fingerprint density at radius 1 is 1.00 bits per heavy atom. The molecule has 0 saturated carbocycles. The van der Waals surface area contributed by atoms with Gasteiger partial charge in [-0.25, -0.2) is 0 Å². The number of hydrogen-bond acceptors (Lipinski definition) is 1. The highest BCUT2D eigenvalue weighted by molar-refractivity contribution is 5.64. The number of hydrogen-bond donors (Lipinski definition) is 0. The van der Waals surface area contributed by atoms with E-state index in [2.05, 4.69) is 70.3 Å². The van der Waals surface area contributed by atoms with Gasteiger partial charge < -0.3 is 0 Å². The van der Waals surface area contributed by atoms with Crippen molar-refractivity contribution in [1.29, 1.82) is 0 Å². The van der Waals surface area contributed by atoms with Crippen LogP contribution in [0.1, 0.15) is 49.9 Å². The molecule has 0 unspecified atom stereocenters. The quantitative estimate of drug-likeness (QED) is 0.506. The molecule has 0 aliphatic carbocycles. The minimum atomic E-state index is 0.811. The van der Waals surface area contributed by atoms with Crippen LogP contribution in [0.4, 0.5) is 0 Å². The second-order valence-corrected chi connectivity index (χ2v) is 6.95. The summed E-state index contributed by atoms with van der Waals surface area (Å²) in [6.07, 6.45) is 5.69. The van der Waals surface area contributed by atoms with Gasteiger partial charge in [0, 0.05) is 17.9 Å². The lowest BCUT2D eigenvalue weighted by molar-refractivity contribution is 1.03. The first kappa shape index (κ1) is 19.9. The number of rotatable bonds is 7. The summed E-state index contributed by atoms with van der Waals surface area (Å²) >= 11 is 0. The van der Waals surface area contributed by atoms with Crippen molar-refractivity contribution in [2.75, 3.05) is 0 Å². The molecule has 2 aromatic rings. The van der Waals surface area contributed by atoms with Gasteiger partial charge in [-0.05, 0) is 66.6 Å². The molecule has 0 bridgehead atoms. The highest BCUT2D eigenvalue weighted by Crippen LogP contribution is 2.14. The van der Waals surface area contributed by atoms with E-state index in [0.717, 1.165) is 36.6 Å². The third-order valence-electron chi connectivity index (χ3n) is 4.65. The standard InChI is InChI=1S/C25H31N/c1-7-22-14-19(6)24(17-23(22)8-2)25(26-9-3)16-21-12-10-11-20(15-21)13-18(4)5/h9-12,14-15,17H,4,6-8,13,16H2,1-3,5H3/b25-24-,26-9-. The molecule has 2 aromatic carbocycles. The molecule has 0 saturated heterocycles. The topological polar surface area (TPSA) is 12.4 Å². The van der Waals surface area contributed by atoms with E-state index in [-0.39, 0.29) is 0 Å². The minimum Gasteiger partial charge on any atom is -0.265 e. The highest BCUT2D eigenvalue weighted by Gasteiger charge is 2.05. The lowest BCUT2D eigenvalue weighted by Gasteiger charge is -2.10. The van der Waals surface area contributed by atoms with Crippen LogP contribution in [0.15, 0.2) is 53.5 Å². The first-order chi connectivity index (χ1) is 12.5. The van der Waals surface area contributed by atoms with Crippen molar-refractivity contribution in [3.8, 4) is 0 Å². The summed E-state index contributed by atoms with van der Waals surface area (Å²) in [6, 6.07) is 13.3. The van der Waals surface area contributed by atoms with Crippen LogP contribution >= 0.6 is 0 Å². The van der Waals surface area contributed by atoms with Gasteiger partial charge in [0.2, 0.25) is 0 Å². The Kier molecular flexibility index (Phi) is 7.15. The van der Waals surface area contributed by atoms with Crippen molar-refractivity contribution in [2.24, 2.45) is 4.99 Å². The van der Waals surface area contributed by atoms with Crippen molar-refractivity contribution in [3.05, 3.63) is 81.2 Å². The summed E-state index contributed by atoms with van der Waals surface area (Å²) in [6.45, 7) is 16.8. The molecule has 0 aliphatic heterocycles. The van der Waals surface area contributed by atoms with Crippen molar-refractivity contribution >= 4 is 18.5 Å². The van der Waals surface area contributed by atoms with Crippen molar-refractivity contribution in [3.63, 3.8) is 0 Å². The van der Waals surface area contributed by atoms with Crippen LogP contribution in [0.2, 0.25) is 0 Å². The summed E-state index contributed by atoms with van der Waals surface area (Å²) in [4.78, 5) is 4.71. The smallest absolute Gasteiger partial charge is 0.0521 e. The molecule has 0 radical (unpaired) electrons. The Labute approximate surface area is 158 Å². The monoisotopic (exact) mass is 345 g/mol. The summed E-state index contributed by atoms with van der Waals surface area (Å²) in [5.41, 5.74) is 7.64. The minimum absolute atomic E-state index is 0.811. The van der Waals surface area contributed by atoms with Crippen LogP contribution in [0.5, 0.6) is 0 Å². The third-order valence-corrected chi connectivity index (χ3v) is 4.65. The fraction of sp³-hybridized carbons (Fsp3) is 0.320. The maximum atomic E-state index is 4.71. The molecule has 0 spiro atoms. The van der Waals surface area contributed by atoms with Crippen molar-refractivity contribution in [1.82, 2.24) is 0 Å². The van der Waals surface area contributed by atoms with E-state index >= 15 is 0 Å². The summed E-state index contributed by atoms with van der Waals surface area (Å²) < 4.78 is 0. The second kappa shape index (κ2) is 9.33. The van der Waals surface area contributed by atoms with Gasteiger partial charge in [-0.2, -0.15) is 0 Å². The first-order valence-corrected chi connectivity index (χ1v) is 9.53. The average Bonchev–Trinajstić information content (AvgIpc) is 2.61. The molecule has 0 aromatic heterocycles. The SMILES string of the molecule is C=C(C)Cc1cccc(CC(/N=C\C)=c2\cc(CC)c(CC)cc2=C)c1. The molecule has 26 heavy (non-hydrogen) atoms. The van der Waals surface area contributed by atoms with E-state index in [1.165, 1.54) is 33.0 Å². The van der Waals surface area contributed by atoms with E-state index in [0.29, 0.717) is 0 Å². The Morgan fingerprint density at radius 2 is 1.62 bits per heavy atom. The Balaban J connectivity index is 2.55. The van der Waals surface area contributed by atoms with Crippen molar-refractivity contribution in [2.45, 2.75) is 53.4 Å². The van der Waals surface area contributed by atoms with E-state index in [1.807, 2.05) is 13.1 Å². The van der Waals surface area contributed by atoms with Gasteiger partial charge in [0.1, 0.15) is 0 Å². The zero-order valence-electron chi connectivity index (χ0n) is 16.7. The largest absolute Gasteiger partial charge is 0.265 e. The molecule has 1 nitrogen and oxygen atoms in total. The summed E-state index contributed by atoms with van der Waals surface area (Å²) in [7, 11) is 0. The number of aryl methyl sites for hydroxylation is 2. The number of aliphatic imine (C=N–C) groups is 1. The van der Waals surface area contributed by atoms with E-state index in [1.54, 1.807) is 0 Å².